The monoisotopic (exact) mass is 213 g/mol. The smallest absolute Gasteiger partial charge is 0.304 e. The first-order chi connectivity index (χ1) is 5.70. The molecule has 0 saturated heterocycles. The van der Waals surface area contributed by atoms with Crippen LogP contribution in [0.5, 0.6) is 5.88 Å². The molecule has 0 saturated carbocycles. The van der Waals surface area contributed by atoms with Crippen LogP contribution in [0.3, 0.4) is 0 Å². The van der Waals surface area contributed by atoms with Gasteiger partial charge in [-0.1, -0.05) is 6.07 Å². The summed E-state index contributed by atoms with van der Waals surface area (Å²) in [5, 5.41) is 0. The highest BCUT2D eigenvalue weighted by Gasteiger charge is 2.20. The van der Waals surface area contributed by atoms with Gasteiger partial charge in [0, 0.05) is 12.3 Å². The quantitative estimate of drug-likeness (QED) is 0.770. The van der Waals surface area contributed by atoms with Crippen molar-refractivity contribution in [2.24, 2.45) is 0 Å². The average Bonchev–Trinajstić information content (AvgIpc) is 2.06. The van der Waals surface area contributed by atoms with Crippen molar-refractivity contribution in [2.75, 3.05) is 0 Å². The predicted molar refractivity (Wildman–Crippen MR) is 43.0 cm³/mol. The van der Waals surface area contributed by atoms with Gasteiger partial charge in [0.1, 0.15) is 0 Å². The first kappa shape index (κ1) is 12.0. The second-order valence-corrected chi connectivity index (χ2v) is 1.97. The molecule has 0 aliphatic rings. The number of aromatic nitrogens is 1. The van der Waals surface area contributed by atoms with E-state index in [4.69, 9.17) is 0 Å². The summed E-state index contributed by atoms with van der Waals surface area (Å²) in [7, 11) is 0. The molecule has 0 fully saturated rings. The molecular formula is C7H7ClF3NO. The molecule has 1 rings (SSSR count). The Balaban J connectivity index is 0.00000144. The number of alkyl halides is 3. The van der Waals surface area contributed by atoms with Crippen molar-refractivity contribution in [3.63, 3.8) is 0 Å². The predicted octanol–water partition coefficient (Wildman–Crippen LogP) is 2.44. The Bertz CT molecular complexity index is 234. The zero-order valence-electron chi connectivity index (χ0n) is 6.36. The molecule has 6 heteroatoms. The molecule has 0 bridgehead atoms. The number of hydrogen-bond acceptors (Lipinski definition) is 2. The highest BCUT2D eigenvalue weighted by molar-refractivity contribution is 5.85. The molecule has 0 spiro atoms. The maximum atomic E-state index is 12.2. The molecule has 0 radical (unpaired) electrons. The van der Waals surface area contributed by atoms with E-state index < -0.39 is 12.8 Å². The van der Waals surface area contributed by atoms with Gasteiger partial charge in [0.05, 0.1) is 0 Å². The summed E-state index contributed by atoms with van der Waals surface area (Å²) in [6.45, 7) is 0. The van der Waals surface area contributed by atoms with Gasteiger partial charge < -0.3 is 4.74 Å². The van der Waals surface area contributed by atoms with Crippen LogP contribution in [0.15, 0.2) is 24.4 Å². The molecule has 2 nitrogen and oxygen atoms in total. The number of rotatable bonds is 3. The summed E-state index contributed by atoms with van der Waals surface area (Å²) in [5.41, 5.74) is 0. The molecule has 0 aliphatic heterocycles. The maximum absolute atomic E-state index is 12.2. The van der Waals surface area contributed by atoms with E-state index in [9.17, 15) is 13.2 Å². The first-order valence-corrected chi connectivity index (χ1v) is 3.20. The lowest BCUT2D eigenvalue weighted by Crippen LogP contribution is -2.19. The Morgan fingerprint density at radius 3 is 2.38 bits per heavy atom. The van der Waals surface area contributed by atoms with Crippen LogP contribution < -0.4 is 4.74 Å². The summed E-state index contributed by atoms with van der Waals surface area (Å²) in [5.74, 6) is -0.148. The van der Waals surface area contributed by atoms with E-state index in [0.29, 0.717) is 0 Å². The molecule has 0 aromatic carbocycles. The van der Waals surface area contributed by atoms with E-state index in [2.05, 4.69) is 9.72 Å². The third-order valence-electron chi connectivity index (χ3n) is 1.07. The minimum Gasteiger partial charge on any atom is -0.437 e. The zero-order chi connectivity index (χ0) is 8.97. The molecule has 0 aliphatic carbocycles. The average molecular weight is 214 g/mol. The van der Waals surface area contributed by atoms with E-state index in [1.165, 1.54) is 18.3 Å². The Kier molecular flexibility index (Phi) is 5.22. The van der Waals surface area contributed by atoms with E-state index in [1.807, 2.05) is 0 Å². The number of ether oxygens (including phenoxy) is 1. The molecular weight excluding hydrogens is 207 g/mol. The summed E-state index contributed by atoms with van der Waals surface area (Å²) in [4.78, 5) is 3.51. The third-order valence-corrected chi connectivity index (χ3v) is 1.07. The standard InChI is InChI=1S/C7H6F3NO.ClH/c8-6(9)7(10)12-5-3-1-2-4-11-5;/h1-4,6-7H;1H. The third kappa shape index (κ3) is 3.98. The van der Waals surface area contributed by atoms with Crippen LogP contribution in [0.1, 0.15) is 0 Å². The van der Waals surface area contributed by atoms with Crippen molar-refractivity contribution in [3.8, 4) is 5.88 Å². The highest BCUT2D eigenvalue weighted by Crippen LogP contribution is 2.12. The zero-order valence-corrected chi connectivity index (χ0v) is 7.18. The van der Waals surface area contributed by atoms with Crippen LogP contribution in [0.25, 0.3) is 0 Å². The van der Waals surface area contributed by atoms with Crippen LogP contribution in [0.2, 0.25) is 0 Å². The van der Waals surface area contributed by atoms with Gasteiger partial charge >= 0.3 is 6.43 Å². The minimum atomic E-state index is -3.15. The van der Waals surface area contributed by atoms with Gasteiger partial charge in [-0.25, -0.2) is 13.8 Å². The van der Waals surface area contributed by atoms with Crippen LogP contribution >= 0.6 is 12.4 Å². The Morgan fingerprint density at radius 2 is 1.92 bits per heavy atom. The topological polar surface area (TPSA) is 22.1 Å². The number of pyridine rings is 1. The molecule has 74 valence electrons. The van der Waals surface area contributed by atoms with Gasteiger partial charge in [0.25, 0.3) is 6.36 Å². The van der Waals surface area contributed by atoms with Crippen LogP contribution in [-0.4, -0.2) is 17.8 Å². The molecule has 0 N–H and O–H groups in total. The fourth-order valence-corrected chi connectivity index (χ4v) is 0.584. The second kappa shape index (κ2) is 5.64. The van der Waals surface area contributed by atoms with Crippen molar-refractivity contribution in [3.05, 3.63) is 24.4 Å². The van der Waals surface area contributed by atoms with E-state index >= 15 is 0 Å². The van der Waals surface area contributed by atoms with Crippen molar-refractivity contribution < 1.29 is 17.9 Å². The minimum absolute atomic E-state index is 0. The Labute approximate surface area is 79.1 Å². The Morgan fingerprint density at radius 1 is 1.23 bits per heavy atom. The van der Waals surface area contributed by atoms with Gasteiger partial charge in [-0.3, -0.25) is 0 Å². The van der Waals surface area contributed by atoms with Gasteiger partial charge in [-0.05, 0) is 6.07 Å². The number of nitrogens with zero attached hydrogens (tertiary/aromatic N) is 1. The SMILES string of the molecule is Cl.FC(F)C(F)Oc1ccccn1. The summed E-state index contributed by atoms with van der Waals surface area (Å²) >= 11 is 0. The van der Waals surface area contributed by atoms with Crippen molar-refractivity contribution in [1.29, 1.82) is 0 Å². The molecule has 1 atom stereocenters. The van der Waals surface area contributed by atoms with Gasteiger partial charge in [0.2, 0.25) is 5.88 Å². The largest absolute Gasteiger partial charge is 0.437 e. The fraction of sp³-hybridized carbons (Fsp3) is 0.286. The number of halogens is 4. The summed E-state index contributed by atoms with van der Waals surface area (Å²) < 4.78 is 39.5. The van der Waals surface area contributed by atoms with Gasteiger partial charge in [-0.15, -0.1) is 12.4 Å². The molecule has 1 heterocycles. The number of hydrogen-bond donors (Lipinski definition) is 0. The highest BCUT2D eigenvalue weighted by atomic mass is 35.5. The maximum Gasteiger partial charge on any atom is 0.304 e. The van der Waals surface area contributed by atoms with Gasteiger partial charge in [-0.2, -0.15) is 4.39 Å². The van der Waals surface area contributed by atoms with Crippen LogP contribution in [0.4, 0.5) is 13.2 Å². The van der Waals surface area contributed by atoms with Crippen LogP contribution in [0, 0.1) is 0 Å². The van der Waals surface area contributed by atoms with E-state index in [1.54, 1.807) is 6.07 Å². The first-order valence-electron chi connectivity index (χ1n) is 3.20. The molecule has 13 heavy (non-hydrogen) atoms. The lowest BCUT2D eigenvalue weighted by atomic mass is 10.5. The summed E-state index contributed by atoms with van der Waals surface area (Å²) in [6, 6.07) is 4.39. The lowest BCUT2D eigenvalue weighted by molar-refractivity contribution is -0.0690. The molecule has 1 aromatic heterocycles. The molecule has 1 unspecified atom stereocenters. The molecule has 1 aromatic rings. The Hall–Kier alpha value is -0.970. The van der Waals surface area contributed by atoms with Crippen molar-refractivity contribution in [1.82, 2.24) is 4.98 Å². The van der Waals surface area contributed by atoms with Crippen LogP contribution in [-0.2, 0) is 0 Å². The van der Waals surface area contributed by atoms with Crippen molar-refractivity contribution >= 4 is 12.4 Å². The second-order valence-electron chi connectivity index (χ2n) is 1.97. The van der Waals surface area contributed by atoms with E-state index in [0.717, 1.165) is 0 Å². The normalized spacial score (nSPS) is 12.0. The summed E-state index contributed by atoms with van der Waals surface area (Å²) in [6.07, 6.45) is -4.43. The molecule has 0 amide bonds. The van der Waals surface area contributed by atoms with E-state index in [-0.39, 0.29) is 18.3 Å². The fourth-order valence-electron chi connectivity index (χ4n) is 0.584. The van der Waals surface area contributed by atoms with Crippen molar-refractivity contribution in [2.45, 2.75) is 12.8 Å². The van der Waals surface area contributed by atoms with Gasteiger partial charge in [0.15, 0.2) is 0 Å². The lowest BCUT2D eigenvalue weighted by Gasteiger charge is -2.08.